The van der Waals surface area contributed by atoms with Gasteiger partial charge in [0.25, 0.3) is 0 Å². The molecular formula is C15H16N4O. The lowest BCUT2D eigenvalue weighted by molar-refractivity contribution is 0.408. The minimum Gasteiger partial charge on any atom is -0.326 e. The fourth-order valence-electron chi connectivity index (χ4n) is 3.69. The van der Waals surface area contributed by atoms with Gasteiger partial charge in [0.2, 0.25) is 5.56 Å². The minimum atomic E-state index is -0.676. The summed E-state index contributed by atoms with van der Waals surface area (Å²) in [4.78, 5) is 17.5. The molecule has 1 N–H and O–H groups in total. The Bertz CT molecular complexity index is 736. The van der Waals surface area contributed by atoms with Crippen LogP contribution in [0.5, 0.6) is 0 Å². The molecule has 0 aromatic carbocycles. The van der Waals surface area contributed by atoms with E-state index in [4.69, 9.17) is 5.53 Å². The fourth-order valence-corrected chi connectivity index (χ4v) is 3.69. The Balaban J connectivity index is 2.36. The first-order valence-electron chi connectivity index (χ1n) is 6.73. The molecule has 0 amide bonds. The first-order valence-corrected chi connectivity index (χ1v) is 6.73. The lowest BCUT2D eigenvalue weighted by Gasteiger charge is -2.44. The van der Waals surface area contributed by atoms with E-state index in [9.17, 15) is 4.79 Å². The van der Waals surface area contributed by atoms with Crippen LogP contribution in [0, 0.1) is 5.92 Å². The number of aromatic amines is 1. The predicted octanol–water partition coefficient (Wildman–Crippen LogP) is 3.35. The molecule has 0 saturated carbocycles. The quantitative estimate of drug-likeness (QED) is 0.360. The van der Waals surface area contributed by atoms with E-state index >= 15 is 0 Å². The monoisotopic (exact) mass is 268 g/mol. The van der Waals surface area contributed by atoms with E-state index in [0.717, 1.165) is 23.3 Å². The van der Waals surface area contributed by atoms with Gasteiger partial charge in [-0.1, -0.05) is 34.5 Å². The summed E-state index contributed by atoms with van der Waals surface area (Å²) in [5, 5.41) is 4.16. The highest BCUT2D eigenvalue weighted by Gasteiger charge is 2.46. The molecule has 0 fully saturated rings. The van der Waals surface area contributed by atoms with Gasteiger partial charge < -0.3 is 4.98 Å². The molecule has 1 aromatic rings. The Morgan fingerprint density at radius 3 is 3.05 bits per heavy atom. The molecule has 5 nitrogen and oxygen atoms in total. The average Bonchev–Trinajstić information content (AvgIpc) is 2.37. The SMILES string of the molecule is C/C=C1\[C@@H]2C=C(C)CC1(N=[N+]=[N-])c1ccc(=O)[nH]c1C2. The van der Waals surface area contributed by atoms with E-state index in [-0.39, 0.29) is 11.5 Å². The Kier molecular flexibility index (Phi) is 2.80. The molecule has 1 heterocycles. The zero-order valence-corrected chi connectivity index (χ0v) is 11.6. The summed E-state index contributed by atoms with van der Waals surface area (Å²) >= 11 is 0. The molecule has 0 radical (unpaired) electrons. The van der Waals surface area contributed by atoms with Gasteiger partial charge in [-0.05, 0) is 37.8 Å². The van der Waals surface area contributed by atoms with Gasteiger partial charge in [0.05, 0.1) is 0 Å². The van der Waals surface area contributed by atoms with E-state index in [2.05, 4.69) is 34.1 Å². The molecule has 1 unspecified atom stereocenters. The maximum absolute atomic E-state index is 11.5. The van der Waals surface area contributed by atoms with Crippen LogP contribution in [0.1, 0.15) is 31.5 Å². The van der Waals surface area contributed by atoms with Crippen molar-refractivity contribution in [2.75, 3.05) is 0 Å². The van der Waals surface area contributed by atoms with E-state index in [1.54, 1.807) is 6.07 Å². The number of hydrogen-bond acceptors (Lipinski definition) is 2. The van der Waals surface area contributed by atoms with Crippen molar-refractivity contribution < 1.29 is 0 Å². The van der Waals surface area contributed by atoms with E-state index in [0.29, 0.717) is 6.42 Å². The van der Waals surface area contributed by atoms with Crippen molar-refractivity contribution in [2.24, 2.45) is 11.0 Å². The maximum atomic E-state index is 11.5. The number of hydrogen-bond donors (Lipinski definition) is 1. The summed E-state index contributed by atoms with van der Waals surface area (Å²) in [5.41, 5.74) is 12.5. The van der Waals surface area contributed by atoms with Gasteiger partial charge in [-0.2, -0.15) is 0 Å². The Hall–Kier alpha value is -2.26. The number of nitrogens with zero attached hydrogens (tertiary/aromatic N) is 3. The number of fused-ring (bicyclic) bond motifs is 4. The number of allylic oxidation sites excluding steroid dienone is 2. The molecule has 102 valence electrons. The second-order valence-corrected chi connectivity index (χ2v) is 5.51. The number of aromatic nitrogens is 1. The van der Waals surface area contributed by atoms with Crippen LogP contribution in [0.3, 0.4) is 0 Å². The topological polar surface area (TPSA) is 81.6 Å². The van der Waals surface area contributed by atoms with Gasteiger partial charge in [0.15, 0.2) is 0 Å². The van der Waals surface area contributed by atoms with E-state index in [1.807, 2.05) is 6.92 Å². The van der Waals surface area contributed by atoms with Gasteiger partial charge in [0.1, 0.15) is 5.54 Å². The molecular weight excluding hydrogens is 252 g/mol. The van der Waals surface area contributed by atoms with Crippen molar-refractivity contribution in [2.45, 2.75) is 32.2 Å². The zero-order chi connectivity index (χ0) is 14.3. The first-order chi connectivity index (χ1) is 9.60. The molecule has 2 atom stereocenters. The van der Waals surface area contributed by atoms with Crippen molar-refractivity contribution in [3.8, 4) is 0 Å². The third-order valence-corrected chi connectivity index (χ3v) is 4.29. The standard InChI is InChI=1S/C15H16N4O/c1-3-11-10-6-9(2)8-15(11,18-19-16)12-4-5-14(20)17-13(12)7-10/h3-6,10H,7-8H2,1-2H3,(H,17,20)/b11-3+/t10-,15?/m1/s1. The van der Waals surface area contributed by atoms with Crippen molar-refractivity contribution in [3.05, 3.63) is 67.5 Å². The van der Waals surface area contributed by atoms with Gasteiger partial charge in [-0.25, -0.2) is 0 Å². The number of azide groups is 1. The largest absolute Gasteiger partial charge is 0.326 e. The van der Waals surface area contributed by atoms with Crippen LogP contribution in [0.15, 0.2) is 45.3 Å². The highest BCUT2D eigenvalue weighted by Crippen LogP contribution is 2.51. The Morgan fingerprint density at radius 1 is 1.55 bits per heavy atom. The number of rotatable bonds is 1. The summed E-state index contributed by atoms with van der Waals surface area (Å²) in [6, 6.07) is 3.32. The van der Waals surface area contributed by atoms with Gasteiger partial charge in [0, 0.05) is 22.6 Å². The molecule has 1 aromatic heterocycles. The zero-order valence-electron chi connectivity index (χ0n) is 11.6. The third kappa shape index (κ3) is 1.63. The van der Waals surface area contributed by atoms with Crippen molar-refractivity contribution >= 4 is 0 Å². The second kappa shape index (κ2) is 4.39. The molecule has 20 heavy (non-hydrogen) atoms. The number of pyridine rings is 1. The predicted molar refractivity (Wildman–Crippen MR) is 77.2 cm³/mol. The van der Waals surface area contributed by atoms with Crippen LogP contribution in [-0.4, -0.2) is 4.98 Å². The molecule has 3 rings (SSSR count). The lowest BCUT2D eigenvalue weighted by atomic mass is 9.63. The van der Waals surface area contributed by atoms with Crippen molar-refractivity contribution in [1.82, 2.24) is 4.98 Å². The summed E-state index contributed by atoms with van der Waals surface area (Å²) in [5.74, 6) is 0.199. The van der Waals surface area contributed by atoms with Gasteiger partial charge in [-0.15, -0.1) is 0 Å². The van der Waals surface area contributed by atoms with Crippen molar-refractivity contribution in [1.29, 1.82) is 0 Å². The summed E-state index contributed by atoms with van der Waals surface area (Å²) in [6.45, 7) is 4.05. The average molecular weight is 268 g/mol. The van der Waals surface area contributed by atoms with Crippen LogP contribution in [-0.2, 0) is 12.0 Å². The highest BCUT2D eigenvalue weighted by molar-refractivity contribution is 5.49. The molecule has 0 aliphatic heterocycles. The molecule has 2 aliphatic carbocycles. The molecule has 0 saturated heterocycles. The second-order valence-electron chi connectivity index (χ2n) is 5.51. The lowest BCUT2D eigenvalue weighted by Crippen LogP contribution is -2.40. The summed E-state index contributed by atoms with van der Waals surface area (Å²) in [7, 11) is 0. The van der Waals surface area contributed by atoms with E-state index in [1.165, 1.54) is 11.6 Å². The first kappa shape index (κ1) is 12.8. The third-order valence-electron chi connectivity index (χ3n) is 4.29. The number of nitrogens with one attached hydrogen (secondary N) is 1. The van der Waals surface area contributed by atoms with Gasteiger partial charge >= 0.3 is 0 Å². The minimum absolute atomic E-state index is 0.109. The van der Waals surface area contributed by atoms with Crippen LogP contribution in [0.2, 0.25) is 0 Å². The smallest absolute Gasteiger partial charge is 0.248 e. The van der Waals surface area contributed by atoms with Crippen LogP contribution < -0.4 is 5.56 Å². The Morgan fingerprint density at radius 2 is 2.35 bits per heavy atom. The maximum Gasteiger partial charge on any atom is 0.248 e. The summed E-state index contributed by atoms with van der Waals surface area (Å²) in [6.07, 6.45) is 5.70. The molecule has 0 spiro atoms. The van der Waals surface area contributed by atoms with Crippen molar-refractivity contribution in [3.63, 3.8) is 0 Å². The van der Waals surface area contributed by atoms with Crippen LogP contribution in [0.4, 0.5) is 0 Å². The molecule has 2 aliphatic rings. The molecule has 5 heteroatoms. The Labute approximate surface area is 116 Å². The highest BCUT2D eigenvalue weighted by atomic mass is 16.1. The summed E-state index contributed by atoms with van der Waals surface area (Å²) < 4.78 is 0. The fraction of sp³-hybridized carbons (Fsp3) is 0.400. The van der Waals surface area contributed by atoms with Crippen LogP contribution in [0.25, 0.3) is 10.4 Å². The van der Waals surface area contributed by atoms with Crippen LogP contribution >= 0.6 is 0 Å². The normalized spacial score (nSPS) is 29.4. The van der Waals surface area contributed by atoms with Gasteiger partial charge in [-0.3, -0.25) is 4.79 Å². The number of H-pyrrole nitrogens is 1. The van der Waals surface area contributed by atoms with E-state index < -0.39 is 5.54 Å². The molecule has 2 bridgehead atoms.